The Morgan fingerprint density at radius 3 is 2.65 bits per heavy atom. The Hall–Kier alpha value is -2.93. The molecule has 0 saturated heterocycles. The van der Waals surface area contributed by atoms with Crippen LogP contribution in [0.2, 0.25) is 5.02 Å². The summed E-state index contributed by atoms with van der Waals surface area (Å²) < 4.78 is 0. The van der Waals surface area contributed by atoms with Gasteiger partial charge in [-0.15, -0.1) is 0 Å². The molecule has 23 heavy (non-hydrogen) atoms. The van der Waals surface area contributed by atoms with Gasteiger partial charge in [-0.1, -0.05) is 23.7 Å². The normalized spacial score (nSPS) is 11.1. The van der Waals surface area contributed by atoms with Crippen molar-refractivity contribution in [3.63, 3.8) is 0 Å². The van der Waals surface area contributed by atoms with Gasteiger partial charge in [0, 0.05) is 11.1 Å². The standard InChI is InChI=1S/C15H12ClN3O4/c1-9(11-4-2-3-5-13(11)19(22)23)17-18-15(21)12-8-10(16)6-7-14(12)20/h2-8,20H,1H3,(H,18,21)/b17-9-. The van der Waals surface area contributed by atoms with Crippen molar-refractivity contribution in [1.29, 1.82) is 0 Å². The van der Waals surface area contributed by atoms with Crippen LogP contribution in [0.15, 0.2) is 47.6 Å². The molecule has 1 amide bonds. The molecule has 0 unspecified atom stereocenters. The summed E-state index contributed by atoms with van der Waals surface area (Å²) in [5.41, 5.74) is 2.62. The summed E-state index contributed by atoms with van der Waals surface area (Å²) in [4.78, 5) is 22.5. The predicted molar refractivity (Wildman–Crippen MR) is 85.9 cm³/mol. The number of carbonyl (C=O) groups excluding carboxylic acids is 1. The third-order valence-electron chi connectivity index (χ3n) is 3.02. The average Bonchev–Trinajstić information content (AvgIpc) is 2.54. The number of phenolic OH excluding ortho intramolecular Hbond substituents is 1. The number of benzene rings is 2. The molecule has 2 aromatic carbocycles. The molecule has 8 heteroatoms. The van der Waals surface area contributed by atoms with Crippen LogP contribution >= 0.6 is 11.6 Å². The van der Waals surface area contributed by atoms with Gasteiger partial charge in [-0.3, -0.25) is 14.9 Å². The lowest BCUT2D eigenvalue weighted by Gasteiger charge is -2.05. The van der Waals surface area contributed by atoms with Crippen LogP contribution < -0.4 is 5.43 Å². The Morgan fingerprint density at radius 2 is 1.96 bits per heavy atom. The number of hydrogen-bond acceptors (Lipinski definition) is 5. The van der Waals surface area contributed by atoms with Crippen molar-refractivity contribution < 1.29 is 14.8 Å². The molecule has 0 radical (unpaired) electrons. The lowest BCUT2D eigenvalue weighted by atomic mass is 10.1. The summed E-state index contributed by atoms with van der Waals surface area (Å²) in [6.07, 6.45) is 0. The first-order valence-electron chi connectivity index (χ1n) is 6.47. The third kappa shape index (κ3) is 3.83. The highest BCUT2D eigenvalue weighted by atomic mass is 35.5. The Balaban J connectivity index is 2.25. The Kier molecular flexibility index (Phi) is 4.92. The summed E-state index contributed by atoms with van der Waals surface area (Å²) in [7, 11) is 0. The van der Waals surface area contributed by atoms with Crippen molar-refractivity contribution in [2.45, 2.75) is 6.92 Å². The number of amides is 1. The van der Waals surface area contributed by atoms with Gasteiger partial charge in [0.15, 0.2) is 0 Å². The smallest absolute Gasteiger partial charge is 0.278 e. The first kappa shape index (κ1) is 16.4. The molecular formula is C15H12ClN3O4. The number of halogens is 1. The summed E-state index contributed by atoms with van der Waals surface area (Å²) in [5.74, 6) is -0.923. The van der Waals surface area contributed by atoms with E-state index in [4.69, 9.17) is 11.6 Å². The summed E-state index contributed by atoms with van der Waals surface area (Å²) >= 11 is 5.77. The Morgan fingerprint density at radius 1 is 1.26 bits per heavy atom. The zero-order valence-corrected chi connectivity index (χ0v) is 12.7. The number of nitrogens with zero attached hydrogens (tertiary/aromatic N) is 2. The zero-order valence-electron chi connectivity index (χ0n) is 12.0. The fraction of sp³-hybridized carbons (Fsp3) is 0.0667. The van der Waals surface area contributed by atoms with Gasteiger partial charge in [0.25, 0.3) is 11.6 Å². The fourth-order valence-corrected chi connectivity index (χ4v) is 2.06. The van der Waals surface area contributed by atoms with Gasteiger partial charge < -0.3 is 5.11 Å². The maximum Gasteiger partial charge on any atom is 0.278 e. The van der Waals surface area contributed by atoms with Crippen molar-refractivity contribution >= 4 is 28.9 Å². The van der Waals surface area contributed by atoms with Crippen molar-refractivity contribution in [2.75, 3.05) is 0 Å². The number of nitro benzene ring substituents is 1. The molecule has 7 nitrogen and oxygen atoms in total. The molecule has 2 rings (SSSR count). The molecule has 0 atom stereocenters. The summed E-state index contributed by atoms with van der Waals surface area (Å²) in [5, 5.41) is 24.8. The Bertz CT molecular complexity index is 805. The van der Waals surface area contributed by atoms with Gasteiger partial charge >= 0.3 is 0 Å². The second-order valence-corrected chi connectivity index (χ2v) is 5.01. The van der Waals surface area contributed by atoms with E-state index in [9.17, 15) is 20.0 Å². The molecule has 0 spiro atoms. The van der Waals surface area contributed by atoms with E-state index in [2.05, 4.69) is 10.5 Å². The zero-order chi connectivity index (χ0) is 17.0. The Labute approximate surface area is 136 Å². The average molecular weight is 334 g/mol. The van der Waals surface area contributed by atoms with E-state index in [1.54, 1.807) is 6.07 Å². The van der Waals surface area contributed by atoms with Crippen LogP contribution in [0.4, 0.5) is 5.69 Å². The number of carbonyl (C=O) groups is 1. The molecule has 0 bridgehead atoms. The molecule has 2 N–H and O–H groups in total. The van der Waals surface area contributed by atoms with E-state index >= 15 is 0 Å². The maximum atomic E-state index is 12.0. The van der Waals surface area contributed by atoms with Crippen LogP contribution in [-0.2, 0) is 0 Å². The first-order chi connectivity index (χ1) is 10.9. The molecule has 0 fully saturated rings. The molecule has 0 saturated carbocycles. The fourth-order valence-electron chi connectivity index (χ4n) is 1.88. The number of phenols is 1. The molecule has 118 valence electrons. The monoisotopic (exact) mass is 333 g/mol. The van der Waals surface area contributed by atoms with Gasteiger partial charge in [-0.2, -0.15) is 5.10 Å². The topological polar surface area (TPSA) is 105 Å². The van der Waals surface area contributed by atoms with Crippen LogP contribution in [0.25, 0.3) is 0 Å². The SMILES string of the molecule is C/C(=N/NC(=O)c1cc(Cl)ccc1O)c1ccccc1[N+](=O)[O-]. The molecule has 2 aromatic rings. The summed E-state index contributed by atoms with van der Waals surface area (Å²) in [6.45, 7) is 1.53. The van der Waals surface area contributed by atoms with E-state index in [1.807, 2.05) is 0 Å². The van der Waals surface area contributed by atoms with Crippen molar-refractivity contribution in [3.8, 4) is 5.75 Å². The van der Waals surface area contributed by atoms with Gasteiger partial charge in [0.1, 0.15) is 5.75 Å². The minimum Gasteiger partial charge on any atom is -0.507 e. The van der Waals surface area contributed by atoms with E-state index in [0.717, 1.165) is 0 Å². The quantitative estimate of drug-likeness (QED) is 0.509. The van der Waals surface area contributed by atoms with Gasteiger partial charge in [0.2, 0.25) is 0 Å². The number of para-hydroxylation sites is 1. The number of hydrogen-bond donors (Lipinski definition) is 2. The molecule has 0 aromatic heterocycles. The van der Waals surface area contributed by atoms with Crippen LogP contribution in [0.1, 0.15) is 22.8 Å². The lowest BCUT2D eigenvalue weighted by Crippen LogP contribution is -2.19. The number of nitrogens with one attached hydrogen (secondary N) is 1. The highest BCUT2D eigenvalue weighted by Gasteiger charge is 2.16. The van der Waals surface area contributed by atoms with Gasteiger partial charge in [-0.25, -0.2) is 5.43 Å². The van der Waals surface area contributed by atoms with Crippen molar-refractivity contribution in [2.24, 2.45) is 5.10 Å². The predicted octanol–water partition coefficient (Wildman–Crippen LogP) is 3.11. The summed E-state index contributed by atoms with van der Waals surface area (Å²) in [6, 6.07) is 10.1. The number of nitro groups is 1. The lowest BCUT2D eigenvalue weighted by molar-refractivity contribution is -0.385. The minimum atomic E-state index is -0.678. The van der Waals surface area contributed by atoms with Crippen molar-refractivity contribution in [3.05, 3.63) is 68.7 Å². The molecule has 0 aliphatic rings. The van der Waals surface area contributed by atoms with E-state index in [1.165, 1.54) is 43.3 Å². The van der Waals surface area contributed by atoms with E-state index in [-0.39, 0.29) is 33.3 Å². The molecule has 0 heterocycles. The number of rotatable bonds is 4. The number of hydrazone groups is 1. The second kappa shape index (κ2) is 6.89. The van der Waals surface area contributed by atoms with E-state index in [0.29, 0.717) is 0 Å². The second-order valence-electron chi connectivity index (χ2n) is 4.57. The van der Waals surface area contributed by atoms with Crippen LogP contribution in [-0.4, -0.2) is 21.6 Å². The highest BCUT2D eigenvalue weighted by Crippen LogP contribution is 2.21. The largest absolute Gasteiger partial charge is 0.507 e. The molecule has 0 aliphatic heterocycles. The first-order valence-corrected chi connectivity index (χ1v) is 6.85. The van der Waals surface area contributed by atoms with Gasteiger partial charge in [-0.05, 0) is 31.2 Å². The van der Waals surface area contributed by atoms with Crippen molar-refractivity contribution in [1.82, 2.24) is 5.43 Å². The van der Waals surface area contributed by atoms with Crippen LogP contribution in [0, 0.1) is 10.1 Å². The maximum absolute atomic E-state index is 12.0. The highest BCUT2D eigenvalue weighted by molar-refractivity contribution is 6.31. The van der Waals surface area contributed by atoms with Crippen LogP contribution in [0.3, 0.4) is 0 Å². The molecular weight excluding hydrogens is 322 g/mol. The minimum absolute atomic E-state index is 0.0448. The third-order valence-corrected chi connectivity index (χ3v) is 3.25. The van der Waals surface area contributed by atoms with E-state index < -0.39 is 10.8 Å². The number of aromatic hydroxyl groups is 1. The van der Waals surface area contributed by atoms with Crippen LogP contribution in [0.5, 0.6) is 5.75 Å². The van der Waals surface area contributed by atoms with Gasteiger partial charge in [0.05, 0.1) is 21.8 Å². The molecule has 0 aliphatic carbocycles.